The molecule has 4 rings (SSSR count). The Morgan fingerprint density at radius 2 is 1.88 bits per heavy atom. The fourth-order valence-corrected chi connectivity index (χ4v) is 4.33. The molecule has 0 spiro atoms. The quantitative estimate of drug-likeness (QED) is 0.535. The van der Waals surface area contributed by atoms with Crippen LogP contribution in [0.3, 0.4) is 0 Å². The molecule has 2 aromatic carbocycles. The SMILES string of the molecule is C[C@H](NC(=O)c1ccc2c(c1F)CN(C1CCC(=O)CC1=O)C2=O)c1cccc(C(F)(F)F)c1. The molecule has 2 aromatic rings. The van der Waals surface area contributed by atoms with E-state index in [0.29, 0.717) is 0 Å². The second kappa shape index (κ2) is 8.66. The molecular weight excluding hydrogens is 456 g/mol. The molecule has 0 radical (unpaired) electrons. The van der Waals surface area contributed by atoms with E-state index in [1.807, 2.05) is 0 Å². The lowest BCUT2D eigenvalue weighted by atomic mass is 9.92. The van der Waals surface area contributed by atoms with Crippen LogP contribution in [-0.2, 0) is 22.3 Å². The van der Waals surface area contributed by atoms with E-state index in [2.05, 4.69) is 5.32 Å². The van der Waals surface area contributed by atoms with Gasteiger partial charge in [-0.15, -0.1) is 0 Å². The number of nitrogens with one attached hydrogen (secondary N) is 1. The number of hydrogen-bond acceptors (Lipinski definition) is 4. The Morgan fingerprint density at radius 3 is 2.56 bits per heavy atom. The normalized spacial score (nSPS) is 19.3. The van der Waals surface area contributed by atoms with E-state index >= 15 is 4.39 Å². The van der Waals surface area contributed by atoms with E-state index < -0.39 is 47.2 Å². The van der Waals surface area contributed by atoms with Gasteiger partial charge in [-0.25, -0.2) is 4.39 Å². The first-order chi connectivity index (χ1) is 16.0. The lowest BCUT2D eigenvalue weighted by Gasteiger charge is -2.29. The number of halogens is 4. The molecule has 0 aromatic heterocycles. The van der Waals surface area contributed by atoms with Gasteiger partial charge in [0, 0.05) is 17.5 Å². The third-order valence-corrected chi connectivity index (χ3v) is 6.19. The predicted octanol–water partition coefficient (Wildman–Crippen LogP) is 3.98. The minimum atomic E-state index is -4.54. The van der Waals surface area contributed by atoms with Crippen LogP contribution in [0.5, 0.6) is 0 Å². The molecule has 0 bridgehead atoms. The number of nitrogens with zero attached hydrogens (tertiary/aromatic N) is 1. The molecule has 178 valence electrons. The molecule has 10 heteroatoms. The number of fused-ring (bicyclic) bond motifs is 1. The molecule has 6 nitrogen and oxygen atoms in total. The Balaban J connectivity index is 1.53. The summed E-state index contributed by atoms with van der Waals surface area (Å²) in [6.07, 6.45) is -4.49. The Hall–Kier alpha value is -3.56. The van der Waals surface area contributed by atoms with Crippen LogP contribution in [0.2, 0.25) is 0 Å². The molecule has 1 N–H and O–H groups in total. The molecule has 2 aliphatic rings. The predicted molar refractivity (Wildman–Crippen MR) is 111 cm³/mol. The number of rotatable bonds is 4. The fraction of sp³-hybridized carbons (Fsp3) is 0.333. The molecule has 1 unspecified atom stereocenters. The van der Waals surface area contributed by atoms with Crippen molar-refractivity contribution in [1.82, 2.24) is 10.2 Å². The maximum atomic E-state index is 15.2. The van der Waals surface area contributed by atoms with Crippen LogP contribution in [0, 0.1) is 5.82 Å². The van der Waals surface area contributed by atoms with Crippen LogP contribution < -0.4 is 5.32 Å². The Kier molecular flexibility index (Phi) is 6.01. The van der Waals surface area contributed by atoms with Crippen molar-refractivity contribution < 1.29 is 36.7 Å². The van der Waals surface area contributed by atoms with Gasteiger partial charge in [-0.2, -0.15) is 13.2 Å². The Labute approximate surface area is 191 Å². The molecular formula is C24H20F4N2O4. The molecule has 2 amide bonds. The number of benzene rings is 2. The first-order valence-electron chi connectivity index (χ1n) is 10.6. The van der Waals surface area contributed by atoms with E-state index in [1.54, 1.807) is 0 Å². The fourth-order valence-electron chi connectivity index (χ4n) is 4.33. The molecule has 1 fully saturated rings. The zero-order chi connectivity index (χ0) is 24.8. The topological polar surface area (TPSA) is 83.6 Å². The number of Topliss-reactive ketones (excluding diaryl/α,β-unsaturated/α-hetero) is 2. The van der Waals surface area contributed by atoms with Crippen LogP contribution in [-0.4, -0.2) is 34.3 Å². The lowest BCUT2D eigenvalue weighted by molar-refractivity contribution is -0.137. The van der Waals surface area contributed by atoms with Crippen molar-refractivity contribution in [3.63, 3.8) is 0 Å². The summed E-state index contributed by atoms with van der Waals surface area (Å²) in [5, 5.41) is 2.48. The average Bonchev–Trinajstić information content (AvgIpc) is 3.10. The maximum Gasteiger partial charge on any atom is 0.416 e. The maximum absolute atomic E-state index is 15.2. The second-order valence-corrected chi connectivity index (χ2v) is 8.44. The third kappa shape index (κ3) is 4.32. The number of carbonyl (C=O) groups excluding carboxylic acids is 4. The summed E-state index contributed by atoms with van der Waals surface area (Å²) in [5.74, 6) is -2.93. The van der Waals surface area contributed by atoms with Crippen molar-refractivity contribution in [2.45, 2.75) is 51.0 Å². The summed E-state index contributed by atoms with van der Waals surface area (Å²) < 4.78 is 54.2. The summed E-state index contributed by atoms with van der Waals surface area (Å²) in [5.41, 5.74) is -1.04. The van der Waals surface area contributed by atoms with Crippen LogP contribution in [0.1, 0.15) is 69.6 Å². The summed E-state index contributed by atoms with van der Waals surface area (Å²) in [7, 11) is 0. The van der Waals surface area contributed by atoms with Crippen molar-refractivity contribution >= 4 is 23.4 Å². The number of alkyl halides is 3. The van der Waals surface area contributed by atoms with Gasteiger partial charge in [-0.05, 0) is 43.2 Å². The zero-order valence-corrected chi connectivity index (χ0v) is 18.0. The van der Waals surface area contributed by atoms with Crippen molar-refractivity contribution in [2.24, 2.45) is 0 Å². The van der Waals surface area contributed by atoms with Gasteiger partial charge in [0.05, 0.1) is 36.2 Å². The zero-order valence-electron chi connectivity index (χ0n) is 18.0. The van der Waals surface area contributed by atoms with Crippen molar-refractivity contribution in [1.29, 1.82) is 0 Å². The first-order valence-corrected chi connectivity index (χ1v) is 10.6. The van der Waals surface area contributed by atoms with Gasteiger partial charge in [0.15, 0.2) is 5.78 Å². The molecule has 0 saturated heterocycles. The molecule has 2 atom stereocenters. The van der Waals surface area contributed by atoms with Crippen LogP contribution in [0.25, 0.3) is 0 Å². The Morgan fingerprint density at radius 1 is 1.15 bits per heavy atom. The number of ketones is 2. The van der Waals surface area contributed by atoms with Gasteiger partial charge >= 0.3 is 6.18 Å². The number of amides is 2. The van der Waals surface area contributed by atoms with Crippen molar-refractivity contribution in [3.05, 3.63) is 70.0 Å². The smallest absolute Gasteiger partial charge is 0.345 e. The van der Waals surface area contributed by atoms with E-state index in [-0.39, 0.29) is 53.8 Å². The molecule has 1 saturated carbocycles. The number of hydrogen-bond donors (Lipinski definition) is 1. The van der Waals surface area contributed by atoms with Crippen molar-refractivity contribution in [3.8, 4) is 0 Å². The minimum absolute atomic E-state index is 0.0321. The van der Waals surface area contributed by atoms with Crippen molar-refractivity contribution in [2.75, 3.05) is 0 Å². The van der Waals surface area contributed by atoms with Gasteiger partial charge < -0.3 is 10.2 Å². The molecule has 1 aliphatic heterocycles. The highest BCUT2D eigenvalue weighted by Gasteiger charge is 2.40. The van der Waals surface area contributed by atoms with Gasteiger partial charge in [-0.3, -0.25) is 19.2 Å². The van der Waals surface area contributed by atoms with Crippen LogP contribution >= 0.6 is 0 Å². The summed E-state index contributed by atoms with van der Waals surface area (Å²) in [6.45, 7) is 1.26. The number of carbonyl (C=O) groups is 4. The van der Waals surface area contributed by atoms with E-state index in [4.69, 9.17) is 0 Å². The second-order valence-electron chi connectivity index (χ2n) is 8.44. The van der Waals surface area contributed by atoms with E-state index in [9.17, 15) is 32.3 Å². The van der Waals surface area contributed by atoms with Gasteiger partial charge in [0.1, 0.15) is 11.6 Å². The molecule has 1 aliphatic carbocycles. The summed E-state index contributed by atoms with van der Waals surface area (Å²) in [4.78, 5) is 50.4. The van der Waals surface area contributed by atoms with Gasteiger partial charge in [0.25, 0.3) is 11.8 Å². The first kappa shape index (κ1) is 23.6. The van der Waals surface area contributed by atoms with Gasteiger partial charge in [-0.1, -0.05) is 12.1 Å². The standard InChI is InChI=1S/C24H20F4N2O4/c1-12(13-3-2-4-14(9-13)24(26,27)28)29-22(33)17-7-6-16-18(21(17)25)11-30(23(16)34)19-8-5-15(31)10-20(19)32/h2-4,6-7,9,12,19H,5,8,10-11H2,1H3,(H,29,33)/t12-,19?/m0/s1. The highest BCUT2D eigenvalue weighted by molar-refractivity contribution is 6.08. The van der Waals surface area contributed by atoms with E-state index in [0.717, 1.165) is 18.2 Å². The Bertz CT molecular complexity index is 1210. The lowest BCUT2D eigenvalue weighted by Crippen LogP contribution is -2.44. The average molecular weight is 476 g/mol. The van der Waals surface area contributed by atoms with E-state index in [1.165, 1.54) is 30.0 Å². The monoisotopic (exact) mass is 476 g/mol. The highest BCUT2D eigenvalue weighted by atomic mass is 19.4. The highest BCUT2D eigenvalue weighted by Crippen LogP contribution is 2.33. The van der Waals surface area contributed by atoms with Crippen LogP contribution in [0.4, 0.5) is 17.6 Å². The molecule has 34 heavy (non-hydrogen) atoms. The summed E-state index contributed by atoms with van der Waals surface area (Å²) >= 11 is 0. The van der Waals surface area contributed by atoms with Gasteiger partial charge in [0.2, 0.25) is 0 Å². The minimum Gasteiger partial charge on any atom is -0.345 e. The largest absolute Gasteiger partial charge is 0.416 e. The van der Waals surface area contributed by atoms with Crippen LogP contribution in [0.15, 0.2) is 36.4 Å². The molecule has 1 heterocycles. The summed E-state index contributed by atoms with van der Waals surface area (Å²) in [6, 6.07) is 5.21. The third-order valence-electron chi connectivity index (χ3n) is 6.19.